The molecule has 2 saturated heterocycles. The Hall–Kier alpha value is -1.59. The number of carboxylic acid groups (broad SMARTS) is 1. The van der Waals surface area contributed by atoms with Gasteiger partial charge in [-0.3, -0.25) is 4.79 Å². The number of carboxylic acids is 1. The molecule has 2 unspecified atom stereocenters. The lowest BCUT2D eigenvalue weighted by Gasteiger charge is -2.17. The first-order chi connectivity index (χ1) is 9.15. The van der Waals surface area contributed by atoms with Gasteiger partial charge in [0.15, 0.2) is 0 Å². The fraction of sp³-hybridized carbons (Fsp3) is 0.429. The topological polar surface area (TPSA) is 69.6 Å². The lowest BCUT2D eigenvalue weighted by Crippen LogP contribution is -2.31. The number of likely N-dealkylation sites (tertiary alicyclic amines) is 1. The highest BCUT2D eigenvalue weighted by Gasteiger charge is 2.38. The van der Waals surface area contributed by atoms with Crippen LogP contribution < -0.4 is 5.32 Å². The number of carbonyl (C=O) groups is 2. The summed E-state index contributed by atoms with van der Waals surface area (Å²) >= 11 is 0. The lowest BCUT2D eigenvalue weighted by molar-refractivity contribution is 0.0697. The molecule has 2 aliphatic rings. The Bertz CT molecular complexity index is 523. The van der Waals surface area contributed by atoms with Crippen LogP contribution in [-0.4, -0.2) is 48.1 Å². The van der Waals surface area contributed by atoms with Crippen LogP contribution in [0.2, 0.25) is 0 Å². The van der Waals surface area contributed by atoms with Gasteiger partial charge in [-0.05, 0) is 30.0 Å². The Morgan fingerprint density at radius 1 is 1.15 bits per heavy atom. The van der Waals surface area contributed by atoms with E-state index in [-0.39, 0.29) is 23.9 Å². The molecule has 5 nitrogen and oxygen atoms in total. The number of fused-ring (bicyclic) bond motifs is 1. The minimum atomic E-state index is -1.00. The SMILES string of the molecule is Cl.O=C(O)c1cccc(C(=O)N2CC3CNCC3C2)c1. The van der Waals surface area contributed by atoms with Gasteiger partial charge in [0.1, 0.15) is 0 Å². The predicted octanol–water partition coefficient (Wildman–Crippen LogP) is 1.10. The third-order valence-corrected chi connectivity index (χ3v) is 4.03. The zero-order valence-corrected chi connectivity index (χ0v) is 11.7. The molecular formula is C14H17ClN2O3. The number of aromatic carboxylic acids is 1. The molecule has 1 aromatic carbocycles. The van der Waals surface area contributed by atoms with Crippen molar-refractivity contribution < 1.29 is 14.7 Å². The lowest BCUT2D eigenvalue weighted by atomic mass is 10.0. The van der Waals surface area contributed by atoms with Crippen LogP contribution in [0.15, 0.2) is 24.3 Å². The van der Waals surface area contributed by atoms with E-state index in [9.17, 15) is 9.59 Å². The molecule has 2 aliphatic heterocycles. The first-order valence-corrected chi connectivity index (χ1v) is 6.48. The second kappa shape index (κ2) is 5.81. The third-order valence-electron chi connectivity index (χ3n) is 4.03. The quantitative estimate of drug-likeness (QED) is 0.857. The Labute approximate surface area is 123 Å². The van der Waals surface area contributed by atoms with Crippen molar-refractivity contribution in [1.82, 2.24) is 10.2 Å². The van der Waals surface area contributed by atoms with E-state index in [1.807, 2.05) is 4.90 Å². The Balaban J connectivity index is 0.00000147. The second-order valence-corrected chi connectivity index (χ2v) is 5.27. The minimum Gasteiger partial charge on any atom is -0.478 e. The number of benzene rings is 1. The van der Waals surface area contributed by atoms with Crippen molar-refractivity contribution in [2.75, 3.05) is 26.2 Å². The van der Waals surface area contributed by atoms with Gasteiger partial charge in [0.25, 0.3) is 5.91 Å². The summed E-state index contributed by atoms with van der Waals surface area (Å²) in [4.78, 5) is 25.1. The van der Waals surface area contributed by atoms with Gasteiger partial charge >= 0.3 is 5.97 Å². The number of hydrogen-bond acceptors (Lipinski definition) is 3. The van der Waals surface area contributed by atoms with Crippen molar-refractivity contribution in [2.45, 2.75) is 0 Å². The van der Waals surface area contributed by atoms with E-state index in [1.165, 1.54) is 12.1 Å². The van der Waals surface area contributed by atoms with Crippen molar-refractivity contribution in [3.05, 3.63) is 35.4 Å². The summed E-state index contributed by atoms with van der Waals surface area (Å²) in [6.07, 6.45) is 0. The monoisotopic (exact) mass is 296 g/mol. The van der Waals surface area contributed by atoms with Gasteiger partial charge in [-0.25, -0.2) is 4.79 Å². The van der Waals surface area contributed by atoms with Gasteiger partial charge < -0.3 is 15.3 Å². The fourth-order valence-corrected chi connectivity index (χ4v) is 2.99. The normalized spacial score (nSPS) is 24.1. The molecule has 0 saturated carbocycles. The van der Waals surface area contributed by atoms with Gasteiger partial charge in [-0.1, -0.05) is 6.07 Å². The van der Waals surface area contributed by atoms with Crippen LogP contribution in [0.3, 0.4) is 0 Å². The van der Waals surface area contributed by atoms with Crippen LogP contribution in [0.4, 0.5) is 0 Å². The molecule has 0 spiro atoms. The largest absolute Gasteiger partial charge is 0.478 e. The molecule has 6 heteroatoms. The van der Waals surface area contributed by atoms with Crippen molar-refractivity contribution in [3.63, 3.8) is 0 Å². The summed E-state index contributed by atoms with van der Waals surface area (Å²) < 4.78 is 0. The standard InChI is InChI=1S/C14H16N2O3.ClH/c17-13(9-2-1-3-10(4-9)14(18)19)16-7-11-5-15-6-12(11)8-16;/h1-4,11-12,15H,5-8H2,(H,18,19);1H. The summed E-state index contributed by atoms with van der Waals surface area (Å²) in [5, 5.41) is 12.3. The number of nitrogens with one attached hydrogen (secondary N) is 1. The van der Waals surface area contributed by atoms with E-state index in [0.29, 0.717) is 17.4 Å². The fourth-order valence-electron chi connectivity index (χ4n) is 2.99. The smallest absolute Gasteiger partial charge is 0.335 e. The average molecular weight is 297 g/mol. The van der Waals surface area contributed by atoms with Crippen LogP contribution in [0.5, 0.6) is 0 Å². The van der Waals surface area contributed by atoms with E-state index in [2.05, 4.69) is 5.32 Å². The van der Waals surface area contributed by atoms with E-state index in [4.69, 9.17) is 5.11 Å². The zero-order valence-electron chi connectivity index (χ0n) is 10.9. The molecule has 2 N–H and O–H groups in total. The molecule has 0 aliphatic carbocycles. The number of nitrogens with zero attached hydrogens (tertiary/aromatic N) is 1. The summed E-state index contributed by atoms with van der Waals surface area (Å²) in [5.74, 6) is 0.0351. The first-order valence-electron chi connectivity index (χ1n) is 6.48. The molecule has 3 rings (SSSR count). The minimum absolute atomic E-state index is 0. The molecule has 2 atom stereocenters. The second-order valence-electron chi connectivity index (χ2n) is 5.27. The zero-order chi connectivity index (χ0) is 13.4. The highest BCUT2D eigenvalue weighted by Crippen LogP contribution is 2.27. The van der Waals surface area contributed by atoms with Crippen molar-refractivity contribution in [2.24, 2.45) is 11.8 Å². The number of halogens is 1. The van der Waals surface area contributed by atoms with Crippen LogP contribution in [-0.2, 0) is 0 Å². The Kier molecular flexibility index (Phi) is 4.30. The van der Waals surface area contributed by atoms with Crippen molar-refractivity contribution in [3.8, 4) is 0 Å². The summed E-state index contributed by atoms with van der Waals surface area (Å²) in [6.45, 7) is 3.49. The van der Waals surface area contributed by atoms with E-state index < -0.39 is 5.97 Å². The number of rotatable bonds is 2. The average Bonchev–Trinajstić information content (AvgIpc) is 2.98. The van der Waals surface area contributed by atoms with E-state index in [1.54, 1.807) is 12.1 Å². The molecule has 2 heterocycles. The highest BCUT2D eigenvalue weighted by molar-refractivity contribution is 5.97. The molecular weight excluding hydrogens is 280 g/mol. The Morgan fingerprint density at radius 2 is 1.75 bits per heavy atom. The van der Waals surface area contributed by atoms with Gasteiger partial charge in [0, 0.05) is 31.7 Å². The molecule has 1 aromatic rings. The summed E-state index contributed by atoms with van der Waals surface area (Å²) in [5.41, 5.74) is 0.625. The highest BCUT2D eigenvalue weighted by atomic mass is 35.5. The van der Waals surface area contributed by atoms with E-state index in [0.717, 1.165) is 26.2 Å². The summed E-state index contributed by atoms with van der Waals surface area (Å²) in [7, 11) is 0. The molecule has 20 heavy (non-hydrogen) atoms. The first kappa shape index (κ1) is 14.8. The van der Waals surface area contributed by atoms with Crippen molar-refractivity contribution >= 4 is 24.3 Å². The van der Waals surface area contributed by atoms with Crippen LogP contribution >= 0.6 is 12.4 Å². The molecule has 0 radical (unpaired) electrons. The molecule has 108 valence electrons. The maximum Gasteiger partial charge on any atom is 0.335 e. The maximum atomic E-state index is 12.4. The van der Waals surface area contributed by atoms with Gasteiger partial charge in [0.2, 0.25) is 0 Å². The van der Waals surface area contributed by atoms with E-state index >= 15 is 0 Å². The predicted molar refractivity (Wildman–Crippen MR) is 76.4 cm³/mol. The number of hydrogen-bond donors (Lipinski definition) is 2. The molecule has 1 amide bonds. The van der Waals surface area contributed by atoms with Crippen LogP contribution in [0, 0.1) is 11.8 Å². The van der Waals surface area contributed by atoms with Gasteiger partial charge in [-0.15, -0.1) is 12.4 Å². The number of carbonyl (C=O) groups excluding carboxylic acids is 1. The van der Waals surface area contributed by atoms with Gasteiger partial charge in [-0.2, -0.15) is 0 Å². The Morgan fingerprint density at radius 3 is 2.35 bits per heavy atom. The van der Waals surface area contributed by atoms with Crippen LogP contribution in [0.25, 0.3) is 0 Å². The van der Waals surface area contributed by atoms with Gasteiger partial charge in [0.05, 0.1) is 5.56 Å². The van der Waals surface area contributed by atoms with Crippen LogP contribution in [0.1, 0.15) is 20.7 Å². The number of amides is 1. The molecule has 2 fully saturated rings. The summed E-state index contributed by atoms with van der Waals surface area (Å²) in [6, 6.07) is 6.26. The molecule has 0 bridgehead atoms. The maximum absolute atomic E-state index is 12.4. The molecule has 0 aromatic heterocycles. The third kappa shape index (κ3) is 2.64. The van der Waals surface area contributed by atoms with Crippen molar-refractivity contribution in [1.29, 1.82) is 0 Å².